The molecule has 1 aromatic carbocycles. The van der Waals surface area contributed by atoms with E-state index < -0.39 is 17.5 Å². The number of methoxy groups -OCH3 is 2. The number of rotatable bonds is 10. The summed E-state index contributed by atoms with van der Waals surface area (Å²) in [5.41, 5.74) is -0.500. The van der Waals surface area contributed by atoms with E-state index >= 15 is 0 Å². The molecule has 28 heavy (non-hydrogen) atoms. The van der Waals surface area contributed by atoms with Gasteiger partial charge in [-0.25, -0.2) is 4.79 Å². The predicted molar refractivity (Wildman–Crippen MR) is 106 cm³/mol. The highest BCUT2D eigenvalue weighted by molar-refractivity contribution is 6.09. The molecule has 2 N–H and O–H groups in total. The van der Waals surface area contributed by atoms with Crippen LogP contribution in [0, 0.1) is 0 Å². The van der Waals surface area contributed by atoms with Gasteiger partial charge in [0.25, 0.3) is 5.91 Å². The van der Waals surface area contributed by atoms with Crippen LogP contribution in [0.4, 0.5) is 10.5 Å². The number of urea groups is 1. The second-order valence-electron chi connectivity index (χ2n) is 7.11. The third kappa shape index (κ3) is 5.15. The summed E-state index contributed by atoms with van der Waals surface area (Å²) in [6.07, 6.45) is 4.60. The van der Waals surface area contributed by atoms with E-state index in [1.807, 2.05) is 0 Å². The van der Waals surface area contributed by atoms with Gasteiger partial charge < -0.3 is 20.1 Å². The van der Waals surface area contributed by atoms with Crippen LogP contribution in [-0.4, -0.2) is 49.0 Å². The SMILES string of the molecule is CCCCCC[C@@]1(C)NC(=O)N(CC(=O)Nc2cc(OC)cc(OC)c2)C1=O. The van der Waals surface area contributed by atoms with Gasteiger partial charge in [0.05, 0.1) is 14.2 Å². The van der Waals surface area contributed by atoms with E-state index in [4.69, 9.17) is 9.47 Å². The van der Waals surface area contributed by atoms with Gasteiger partial charge in [-0.1, -0.05) is 32.6 Å². The maximum Gasteiger partial charge on any atom is 0.325 e. The number of amides is 4. The summed E-state index contributed by atoms with van der Waals surface area (Å²) in [4.78, 5) is 38.3. The highest BCUT2D eigenvalue weighted by Crippen LogP contribution is 2.27. The molecule has 8 nitrogen and oxygen atoms in total. The molecule has 1 heterocycles. The second kappa shape index (κ2) is 9.43. The number of imide groups is 1. The number of unbranched alkanes of at least 4 members (excludes halogenated alkanes) is 3. The number of carbonyl (C=O) groups is 3. The Bertz CT molecular complexity index is 714. The van der Waals surface area contributed by atoms with Crippen LogP contribution in [0.3, 0.4) is 0 Å². The zero-order valence-electron chi connectivity index (χ0n) is 17.0. The zero-order chi connectivity index (χ0) is 20.7. The highest BCUT2D eigenvalue weighted by atomic mass is 16.5. The molecule has 1 aromatic rings. The molecular weight excluding hydrogens is 362 g/mol. The molecule has 1 atom stereocenters. The molecule has 2 rings (SSSR count). The molecule has 0 aliphatic carbocycles. The van der Waals surface area contributed by atoms with E-state index in [2.05, 4.69) is 17.6 Å². The van der Waals surface area contributed by atoms with Gasteiger partial charge in [0, 0.05) is 23.9 Å². The van der Waals surface area contributed by atoms with Gasteiger partial charge in [-0.05, 0) is 13.3 Å². The van der Waals surface area contributed by atoms with Crippen molar-refractivity contribution in [2.24, 2.45) is 0 Å². The Kier molecular flexibility index (Phi) is 7.25. The minimum Gasteiger partial charge on any atom is -0.497 e. The van der Waals surface area contributed by atoms with Crippen LogP contribution in [0.25, 0.3) is 0 Å². The molecule has 0 saturated carbocycles. The molecule has 0 aromatic heterocycles. The van der Waals surface area contributed by atoms with Crippen LogP contribution in [0.15, 0.2) is 18.2 Å². The van der Waals surface area contributed by atoms with Gasteiger partial charge >= 0.3 is 6.03 Å². The standard InChI is InChI=1S/C20H29N3O5/c1-5-6-7-8-9-20(2)18(25)23(19(26)22-20)13-17(24)21-14-10-15(27-3)12-16(11-14)28-4/h10-12H,5-9,13H2,1-4H3,(H,21,24)(H,22,26)/t20-/m1/s1. The van der Waals surface area contributed by atoms with Crippen molar-refractivity contribution in [1.29, 1.82) is 0 Å². The number of carbonyl (C=O) groups excluding carboxylic acids is 3. The lowest BCUT2D eigenvalue weighted by Crippen LogP contribution is -2.44. The van der Waals surface area contributed by atoms with Crippen LogP contribution in [-0.2, 0) is 9.59 Å². The van der Waals surface area contributed by atoms with Crippen molar-refractivity contribution in [3.8, 4) is 11.5 Å². The Labute approximate surface area is 165 Å². The van der Waals surface area contributed by atoms with Gasteiger partial charge in [-0.15, -0.1) is 0 Å². The maximum absolute atomic E-state index is 12.7. The van der Waals surface area contributed by atoms with Crippen molar-refractivity contribution >= 4 is 23.5 Å². The lowest BCUT2D eigenvalue weighted by molar-refractivity contribution is -0.133. The number of ether oxygens (including phenoxy) is 2. The van der Waals surface area contributed by atoms with Crippen molar-refractivity contribution in [3.05, 3.63) is 18.2 Å². The predicted octanol–water partition coefficient (Wildman–Crippen LogP) is 2.92. The topological polar surface area (TPSA) is 97.0 Å². The molecule has 8 heteroatoms. The van der Waals surface area contributed by atoms with Crippen LogP contribution in [0.2, 0.25) is 0 Å². The van der Waals surface area contributed by atoms with Crippen molar-refractivity contribution in [1.82, 2.24) is 10.2 Å². The Morgan fingerprint density at radius 1 is 1.11 bits per heavy atom. The van der Waals surface area contributed by atoms with Gasteiger partial charge in [0.15, 0.2) is 0 Å². The molecule has 1 aliphatic rings. The molecule has 154 valence electrons. The summed E-state index contributed by atoms with van der Waals surface area (Å²) in [7, 11) is 3.02. The largest absolute Gasteiger partial charge is 0.497 e. The Balaban J connectivity index is 2.00. The Morgan fingerprint density at radius 3 is 2.32 bits per heavy atom. The van der Waals surface area contributed by atoms with E-state index in [0.717, 1.165) is 30.6 Å². The van der Waals surface area contributed by atoms with Crippen molar-refractivity contribution in [3.63, 3.8) is 0 Å². The third-order valence-electron chi connectivity index (χ3n) is 4.81. The quantitative estimate of drug-likeness (QED) is 0.472. The number of anilines is 1. The van der Waals surface area contributed by atoms with Gasteiger partial charge in [0.1, 0.15) is 23.6 Å². The van der Waals surface area contributed by atoms with E-state index in [9.17, 15) is 14.4 Å². The summed E-state index contributed by atoms with van der Waals surface area (Å²) in [5.74, 6) is 0.190. The second-order valence-corrected chi connectivity index (χ2v) is 7.11. The average molecular weight is 391 g/mol. The number of nitrogens with one attached hydrogen (secondary N) is 2. The first-order valence-electron chi connectivity index (χ1n) is 9.50. The first-order chi connectivity index (χ1) is 13.3. The van der Waals surface area contributed by atoms with Gasteiger partial charge in [-0.3, -0.25) is 14.5 Å². The van der Waals surface area contributed by atoms with Crippen molar-refractivity contribution in [2.45, 2.75) is 51.5 Å². The lowest BCUT2D eigenvalue weighted by atomic mass is 9.94. The van der Waals surface area contributed by atoms with Gasteiger partial charge in [0.2, 0.25) is 5.91 Å². The molecule has 0 bridgehead atoms. The molecule has 0 radical (unpaired) electrons. The van der Waals surface area contributed by atoms with Crippen molar-refractivity contribution in [2.75, 3.05) is 26.1 Å². The summed E-state index contributed by atoms with van der Waals surface area (Å²) in [6.45, 7) is 3.47. The minimum atomic E-state index is -0.954. The van der Waals surface area contributed by atoms with E-state index in [-0.39, 0.29) is 12.5 Å². The van der Waals surface area contributed by atoms with Crippen molar-refractivity contribution < 1.29 is 23.9 Å². The number of hydrogen-bond donors (Lipinski definition) is 2. The number of benzene rings is 1. The van der Waals surface area contributed by atoms with E-state index in [1.165, 1.54) is 14.2 Å². The first kappa shape index (κ1) is 21.5. The molecule has 1 aliphatic heterocycles. The molecular formula is C20H29N3O5. The normalized spacial score (nSPS) is 18.8. The minimum absolute atomic E-state index is 0.352. The number of nitrogens with zero attached hydrogens (tertiary/aromatic N) is 1. The Morgan fingerprint density at radius 2 is 1.75 bits per heavy atom. The van der Waals surface area contributed by atoms with E-state index in [1.54, 1.807) is 25.1 Å². The molecule has 4 amide bonds. The fourth-order valence-electron chi connectivity index (χ4n) is 3.19. The lowest BCUT2D eigenvalue weighted by Gasteiger charge is -2.21. The summed E-state index contributed by atoms with van der Waals surface area (Å²) in [6, 6.07) is 4.40. The fraction of sp³-hybridized carbons (Fsp3) is 0.550. The molecule has 0 spiro atoms. The fourth-order valence-corrected chi connectivity index (χ4v) is 3.19. The Hall–Kier alpha value is -2.77. The smallest absolute Gasteiger partial charge is 0.325 e. The highest BCUT2D eigenvalue weighted by Gasteiger charge is 2.47. The van der Waals surface area contributed by atoms with Crippen LogP contribution >= 0.6 is 0 Å². The third-order valence-corrected chi connectivity index (χ3v) is 4.81. The molecule has 1 fully saturated rings. The van der Waals surface area contributed by atoms with E-state index in [0.29, 0.717) is 23.6 Å². The summed E-state index contributed by atoms with van der Waals surface area (Å²) in [5, 5.41) is 5.40. The molecule has 0 unspecified atom stereocenters. The monoisotopic (exact) mass is 391 g/mol. The van der Waals surface area contributed by atoms with Crippen LogP contribution in [0.1, 0.15) is 46.0 Å². The first-order valence-corrected chi connectivity index (χ1v) is 9.50. The van der Waals surface area contributed by atoms with Crippen LogP contribution in [0.5, 0.6) is 11.5 Å². The summed E-state index contributed by atoms with van der Waals surface area (Å²) < 4.78 is 10.3. The maximum atomic E-state index is 12.7. The zero-order valence-corrected chi connectivity index (χ0v) is 17.0. The summed E-state index contributed by atoms with van der Waals surface area (Å²) >= 11 is 0. The number of hydrogen-bond acceptors (Lipinski definition) is 5. The van der Waals surface area contributed by atoms with Crippen LogP contribution < -0.4 is 20.1 Å². The van der Waals surface area contributed by atoms with Gasteiger partial charge in [-0.2, -0.15) is 0 Å². The average Bonchev–Trinajstić information content (AvgIpc) is 2.88. The molecule has 1 saturated heterocycles.